The van der Waals surface area contributed by atoms with Gasteiger partial charge in [0.2, 0.25) is 0 Å². The van der Waals surface area contributed by atoms with Crippen LogP contribution in [0, 0.1) is 0 Å². The highest BCUT2D eigenvalue weighted by atomic mass is 16.3. The molecule has 1 aliphatic rings. The normalized spacial score (nSPS) is 16.3. The molecule has 3 heteroatoms. The SMILES string of the molecule is OCc1cccc(-n2ccnc2C2CCCC2)c1. The molecule has 2 aromatic rings. The van der Waals surface area contributed by atoms with Gasteiger partial charge >= 0.3 is 0 Å². The van der Waals surface area contributed by atoms with E-state index in [0.29, 0.717) is 5.92 Å². The quantitative estimate of drug-likeness (QED) is 0.898. The Balaban J connectivity index is 1.98. The molecule has 1 N–H and O–H groups in total. The molecule has 3 rings (SSSR count). The maximum Gasteiger partial charge on any atom is 0.116 e. The van der Waals surface area contributed by atoms with E-state index in [1.54, 1.807) is 0 Å². The van der Waals surface area contributed by atoms with E-state index in [1.165, 1.54) is 31.5 Å². The van der Waals surface area contributed by atoms with Crippen molar-refractivity contribution in [2.75, 3.05) is 0 Å². The Morgan fingerprint density at radius 1 is 1.28 bits per heavy atom. The lowest BCUT2D eigenvalue weighted by molar-refractivity contribution is 0.282. The third kappa shape index (κ3) is 2.06. The summed E-state index contributed by atoms with van der Waals surface area (Å²) in [6.07, 6.45) is 9.01. The molecule has 1 saturated carbocycles. The molecule has 1 aromatic heterocycles. The van der Waals surface area contributed by atoms with Crippen LogP contribution in [0.15, 0.2) is 36.7 Å². The number of aliphatic hydroxyl groups is 1. The van der Waals surface area contributed by atoms with Crippen molar-refractivity contribution in [1.29, 1.82) is 0 Å². The van der Waals surface area contributed by atoms with Crippen molar-refractivity contribution in [3.05, 3.63) is 48.0 Å². The minimum absolute atomic E-state index is 0.0846. The van der Waals surface area contributed by atoms with Crippen LogP contribution in [0.25, 0.3) is 5.69 Å². The summed E-state index contributed by atoms with van der Waals surface area (Å²) in [4.78, 5) is 4.53. The van der Waals surface area contributed by atoms with E-state index in [0.717, 1.165) is 11.3 Å². The van der Waals surface area contributed by atoms with E-state index in [-0.39, 0.29) is 6.61 Å². The van der Waals surface area contributed by atoms with Gasteiger partial charge in [-0.05, 0) is 30.5 Å². The van der Waals surface area contributed by atoms with E-state index in [2.05, 4.69) is 15.6 Å². The average Bonchev–Trinajstić information content (AvgIpc) is 3.09. The summed E-state index contributed by atoms with van der Waals surface area (Å²) in [5.41, 5.74) is 2.04. The molecular formula is C15H18N2O. The summed E-state index contributed by atoms with van der Waals surface area (Å²) in [5.74, 6) is 1.76. The molecule has 0 aliphatic heterocycles. The lowest BCUT2D eigenvalue weighted by Crippen LogP contribution is -2.05. The lowest BCUT2D eigenvalue weighted by atomic mass is 10.1. The first kappa shape index (κ1) is 11.5. The van der Waals surface area contributed by atoms with Crippen molar-refractivity contribution in [3.8, 4) is 5.69 Å². The third-order valence-electron chi connectivity index (χ3n) is 3.76. The van der Waals surface area contributed by atoms with Crippen LogP contribution in [0.1, 0.15) is 43.0 Å². The van der Waals surface area contributed by atoms with E-state index in [1.807, 2.05) is 30.6 Å². The topological polar surface area (TPSA) is 38.0 Å². The van der Waals surface area contributed by atoms with Crippen LogP contribution < -0.4 is 0 Å². The second kappa shape index (κ2) is 4.94. The predicted molar refractivity (Wildman–Crippen MR) is 70.7 cm³/mol. The summed E-state index contributed by atoms with van der Waals surface area (Å²) in [7, 11) is 0. The van der Waals surface area contributed by atoms with Crippen LogP contribution in [0.4, 0.5) is 0 Å². The van der Waals surface area contributed by atoms with Gasteiger partial charge in [-0.25, -0.2) is 4.98 Å². The van der Waals surface area contributed by atoms with Crippen LogP contribution >= 0.6 is 0 Å². The molecule has 3 nitrogen and oxygen atoms in total. The van der Waals surface area contributed by atoms with Gasteiger partial charge in [-0.3, -0.25) is 0 Å². The minimum Gasteiger partial charge on any atom is -0.392 e. The fourth-order valence-corrected chi connectivity index (χ4v) is 2.82. The molecule has 0 bridgehead atoms. The van der Waals surface area contributed by atoms with Gasteiger partial charge in [-0.15, -0.1) is 0 Å². The number of imidazole rings is 1. The van der Waals surface area contributed by atoms with Crippen LogP contribution in [0.5, 0.6) is 0 Å². The molecule has 0 spiro atoms. The highest BCUT2D eigenvalue weighted by molar-refractivity contribution is 5.37. The summed E-state index contributed by atoms with van der Waals surface area (Å²) in [6.45, 7) is 0.0846. The van der Waals surface area contributed by atoms with Crippen LogP contribution in [-0.4, -0.2) is 14.7 Å². The first-order chi connectivity index (χ1) is 8.88. The Bertz CT molecular complexity index is 527. The van der Waals surface area contributed by atoms with Crippen molar-refractivity contribution < 1.29 is 5.11 Å². The lowest BCUT2D eigenvalue weighted by Gasteiger charge is -2.13. The monoisotopic (exact) mass is 242 g/mol. The zero-order valence-corrected chi connectivity index (χ0v) is 10.4. The highest BCUT2D eigenvalue weighted by Crippen LogP contribution is 2.34. The predicted octanol–water partition coefficient (Wildman–Crippen LogP) is 3.02. The molecule has 0 atom stereocenters. The Kier molecular flexibility index (Phi) is 3.15. The summed E-state index contributed by atoms with van der Waals surface area (Å²) in [6, 6.07) is 8.02. The summed E-state index contributed by atoms with van der Waals surface area (Å²) >= 11 is 0. The van der Waals surface area contributed by atoms with Crippen molar-refractivity contribution >= 4 is 0 Å². The van der Waals surface area contributed by atoms with Gasteiger partial charge in [0.05, 0.1) is 6.61 Å². The first-order valence-electron chi connectivity index (χ1n) is 6.62. The van der Waals surface area contributed by atoms with E-state index in [4.69, 9.17) is 0 Å². The highest BCUT2D eigenvalue weighted by Gasteiger charge is 2.21. The molecule has 94 valence electrons. The van der Waals surface area contributed by atoms with Gasteiger partial charge in [0.15, 0.2) is 0 Å². The molecule has 1 aromatic carbocycles. The number of aromatic nitrogens is 2. The molecule has 0 amide bonds. The van der Waals surface area contributed by atoms with Gasteiger partial charge in [-0.1, -0.05) is 25.0 Å². The molecule has 1 fully saturated rings. The second-order valence-corrected chi connectivity index (χ2v) is 4.96. The molecule has 0 radical (unpaired) electrons. The fraction of sp³-hybridized carbons (Fsp3) is 0.400. The smallest absolute Gasteiger partial charge is 0.116 e. The molecular weight excluding hydrogens is 224 g/mol. The Labute approximate surface area is 107 Å². The number of benzene rings is 1. The Hall–Kier alpha value is -1.61. The standard InChI is InChI=1S/C15H18N2O/c18-11-12-4-3-7-14(10-12)17-9-8-16-15(17)13-5-1-2-6-13/h3-4,7-10,13,18H,1-2,5-6,11H2. The van der Waals surface area contributed by atoms with Crippen LogP contribution in [0.2, 0.25) is 0 Å². The van der Waals surface area contributed by atoms with Crippen LogP contribution in [-0.2, 0) is 6.61 Å². The average molecular weight is 242 g/mol. The summed E-state index contributed by atoms with van der Waals surface area (Å²) in [5, 5.41) is 9.22. The third-order valence-corrected chi connectivity index (χ3v) is 3.76. The van der Waals surface area contributed by atoms with Crippen LogP contribution in [0.3, 0.4) is 0 Å². The minimum atomic E-state index is 0.0846. The Morgan fingerprint density at radius 2 is 2.11 bits per heavy atom. The van der Waals surface area contributed by atoms with E-state index in [9.17, 15) is 5.11 Å². The van der Waals surface area contributed by atoms with E-state index < -0.39 is 0 Å². The molecule has 1 heterocycles. The first-order valence-corrected chi connectivity index (χ1v) is 6.62. The molecule has 18 heavy (non-hydrogen) atoms. The zero-order valence-electron chi connectivity index (χ0n) is 10.4. The van der Waals surface area contributed by atoms with Gasteiger partial charge < -0.3 is 9.67 Å². The molecule has 0 saturated heterocycles. The van der Waals surface area contributed by atoms with Gasteiger partial charge in [0.1, 0.15) is 5.82 Å². The number of rotatable bonds is 3. The molecule has 0 unspecified atom stereocenters. The van der Waals surface area contributed by atoms with Crippen molar-refractivity contribution in [1.82, 2.24) is 9.55 Å². The maximum atomic E-state index is 9.22. The number of nitrogens with zero attached hydrogens (tertiary/aromatic N) is 2. The van der Waals surface area contributed by atoms with Gasteiger partial charge in [-0.2, -0.15) is 0 Å². The van der Waals surface area contributed by atoms with Crippen molar-refractivity contribution in [2.24, 2.45) is 0 Å². The maximum absolute atomic E-state index is 9.22. The number of aliphatic hydroxyl groups excluding tert-OH is 1. The number of hydrogen-bond acceptors (Lipinski definition) is 2. The van der Waals surface area contributed by atoms with Gasteiger partial charge in [0, 0.05) is 24.0 Å². The second-order valence-electron chi connectivity index (χ2n) is 4.96. The molecule has 1 aliphatic carbocycles. The fourth-order valence-electron chi connectivity index (χ4n) is 2.82. The van der Waals surface area contributed by atoms with Gasteiger partial charge in [0.25, 0.3) is 0 Å². The summed E-state index contributed by atoms with van der Waals surface area (Å²) < 4.78 is 2.16. The van der Waals surface area contributed by atoms with Crippen molar-refractivity contribution in [2.45, 2.75) is 38.2 Å². The number of hydrogen-bond donors (Lipinski definition) is 1. The van der Waals surface area contributed by atoms with Crippen molar-refractivity contribution in [3.63, 3.8) is 0 Å². The zero-order chi connectivity index (χ0) is 12.4. The largest absolute Gasteiger partial charge is 0.392 e. The Morgan fingerprint density at radius 3 is 2.89 bits per heavy atom. The van der Waals surface area contributed by atoms with E-state index >= 15 is 0 Å².